The lowest BCUT2D eigenvalue weighted by Crippen LogP contribution is -2.44. The summed E-state index contributed by atoms with van der Waals surface area (Å²) in [5, 5.41) is 6.95. The smallest absolute Gasteiger partial charge is 0.265 e. The van der Waals surface area contributed by atoms with Gasteiger partial charge in [0, 0.05) is 37.0 Å². The second-order valence-corrected chi connectivity index (χ2v) is 7.79. The Morgan fingerprint density at radius 1 is 1.15 bits per heavy atom. The number of anilines is 1. The molecule has 1 aliphatic rings. The second-order valence-electron chi connectivity index (χ2n) is 7.79. The third kappa shape index (κ3) is 5.31. The zero-order chi connectivity index (χ0) is 19.3. The van der Waals surface area contributed by atoms with E-state index in [1.54, 1.807) is 0 Å². The standard InChI is InChI=1S/C20H29N3O3/c1-14-7-6-8-15(2)18(14)21-17(24)13-26-22-16-9-11-23(12-10-16)19(25)20(3,4)5/h6-8H,9-13H2,1-5H3,(H,21,24). The van der Waals surface area contributed by atoms with Crippen molar-refractivity contribution in [2.45, 2.75) is 47.5 Å². The summed E-state index contributed by atoms with van der Waals surface area (Å²) in [6.45, 7) is 10.9. The number of nitrogens with one attached hydrogen (secondary N) is 1. The van der Waals surface area contributed by atoms with Gasteiger partial charge in [-0.2, -0.15) is 0 Å². The summed E-state index contributed by atoms with van der Waals surface area (Å²) in [4.78, 5) is 31.4. The molecule has 1 N–H and O–H groups in total. The van der Waals surface area contributed by atoms with E-state index in [2.05, 4.69) is 10.5 Å². The molecule has 0 unspecified atom stereocenters. The second kappa shape index (κ2) is 8.34. The Balaban J connectivity index is 1.79. The van der Waals surface area contributed by atoms with Crippen LogP contribution in [0.25, 0.3) is 0 Å². The third-order valence-electron chi connectivity index (χ3n) is 4.40. The summed E-state index contributed by atoms with van der Waals surface area (Å²) in [5.74, 6) is -0.0717. The average molecular weight is 359 g/mol. The molecule has 1 aromatic rings. The first-order valence-electron chi connectivity index (χ1n) is 9.01. The van der Waals surface area contributed by atoms with Crippen molar-refractivity contribution >= 4 is 23.2 Å². The normalized spacial score (nSPS) is 14.8. The van der Waals surface area contributed by atoms with Crippen molar-refractivity contribution in [3.8, 4) is 0 Å². The van der Waals surface area contributed by atoms with Crippen LogP contribution in [-0.2, 0) is 14.4 Å². The molecule has 2 amide bonds. The van der Waals surface area contributed by atoms with Crippen molar-refractivity contribution in [3.05, 3.63) is 29.3 Å². The Morgan fingerprint density at radius 2 is 1.73 bits per heavy atom. The fourth-order valence-electron chi connectivity index (χ4n) is 2.90. The van der Waals surface area contributed by atoms with E-state index in [0.29, 0.717) is 25.9 Å². The summed E-state index contributed by atoms with van der Waals surface area (Å²) in [5.41, 5.74) is 3.38. The first-order valence-corrected chi connectivity index (χ1v) is 9.01. The minimum absolute atomic E-state index is 0.123. The molecule has 142 valence electrons. The van der Waals surface area contributed by atoms with Gasteiger partial charge in [0.1, 0.15) is 0 Å². The molecule has 0 bridgehead atoms. The molecule has 1 aliphatic heterocycles. The molecule has 1 heterocycles. The monoisotopic (exact) mass is 359 g/mol. The number of aryl methyl sites for hydroxylation is 2. The van der Waals surface area contributed by atoms with Crippen LogP contribution in [0.3, 0.4) is 0 Å². The molecular weight excluding hydrogens is 330 g/mol. The minimum Gasteiger partial charge on any atom is -0.386 e. The number of oxime groups is 1. The van der Waals surface area contributed by atoms with Crippen LogP contribution in [0.2, 0.25) is 0 Å². The molecule has 2 rings (SSSR count). The summed E-state index contributed by atoms with van der Waals surface area (Å²) in [6, 6.07) is 5.87. The Morgan fingerprint density at radius 3 is 2.27 bits per heavy atom. The van der Waals surface area contributed by atoms with Crippen LogP contribution >= 0.6 is 0 Å². The van der Waals surface area contributed by atoms with Crippen molar-refractivity contribution in [2.24, 2.45) is 10.6 Å². The van der Waals surface area contributed by atoms with Crippen molar-refractivity contribution in [1.82, 2.24) is 4.90 Å². The van der Waals surface area contributed by atoms with Gasteiger partial charge in [0.05, 0.1) is 5.71 Å². The first kappa shape index (κ1) is 19.9. The zero-order valence-corrected chi connectivity index (χ0v) is 16.4. The van der Waals surface area contributed by atoms with Gasteiger partial charge in [-0.1, -0.05) is 44.1 Å². The Labute approximate surface area is 155 Å². The van der Waals surface area contributed by atoms with Crippen LogP contribution in [0.15, 0.2) is 23.4 Å². The van der Waals surface area contributed by atoms with E-state index in [-0.39, 0.29) is 23.8 Å². The lowest BCUT2D eigenvalue weighted by atomic mass is 9.93. The number of hydrogen-bond acceptors (Lipinski definition) is 4. The third-order valence-corrected chi connectivity index (χ3v) is 4.40. The maximum atomic E-state index is 12.3. The van der Waals surface area contributed by atoms with Gasteiger partial charge >= 0.3 is 0 Å². The predicted octanol–water partition coefficient (Wildman–Crippen LogP) is 3.28. The van der Waals surface area contributed by atoms with Gasteiger partial charge in [-0.05, 0) is 25.0 Å². The van der Waals surface area contributed by atoms with Crippen molar-refractivity contribution in [1.29, 1.82) is 0 Å². The number of piperidine rings is 1. The van der Waals surface area contributed by atoms with Crippen LogP contribution in [0.5, 0.6) is 0 Å². The molecule has 1 aromatic carbocycles. The number of amides is 2. The molecule has 0 aliphatic carbocycles. The highest BCUT2D eigenvalue weighted by Gasteiger charge is 2.29. The lowest BCUT2D eigenvalue weighted by molar-refractivity contribution is -0.139. The van der Waals surface area contributed by atoms with Crippen LogP contribution in [0.1, 0.15) is 44.7 Å². The average Bonchev–Trinajstić information content (AvgIpc) is 2.57. The molecule has 1 fully saturated rings. The Kier molecular flexibility index (Phi) is 6.40. The number of rotatable bonds is 4. The Hall–Kier alpha value is -2.37. The van der Waals surface area contributed by atoms with Gasteiger partial charge in [0.15, 0.2) is 6.61 Å². The molecule has 0 radical (unpaired) electrons. The molecule has 0 spiro atoms. The fraction of sp³-hybridized carbons (Fsp3) is 0.550. The van der Waals surface area contributed by atoms with Gasteiger partial charge in [-0.25, -0.2) is 0 Å². The number of para-hydroxylation sites is 1. The zero-order valence-electron chi connectivity index (χ0n) is 16.4. The quantitative estimate of drug-likeness (QED) is 0.839. The van der Waals surface area contributed by atoms with E-state index < -0.39 is 0 Å². The number of likely N-dealkylation sites (tertiary alicyclic amines) is 1. The van der Waals surface area contributed by atoms with E-state index in [4.69, 9.17) is 4.84 Å². The molecular formula is C20H29N3O3. The van der Waals surface area contributed by atoms with Gasteiger partial charge < -0.3 is 15.1 Å². The Bertz CT molecular complexity index is 674. The van der Waals surface area contributed by atoms with Crippen LogP contribution < -0.4 is 5.32 Å². The predicted molar refractivity (Wildman–Crippen MR) is 103 cm³/mol. The molecule has 0 saturated carbocycles. The number of carbonyl (C=O) groups excluding carboxylic acids is 2. The molecule has 6 heteroatoms. The van der Waals surface area contributed by atoms with E-state index in [0.717, 1.165) is 22.5 Å². The van der Waals surface area contributed by atoms with Gasteiger partial charge in [0.25, 0.3) is 5.91 Å². The van der Waals surface area contributed by atoms with E-state index in [9.17, 15) is 9.59 Å². The fourth-order valence-corrected chi connectivity index (χ4v) is 2.90. The first-order chi connectivity index (χ1) is 12.2. The topological polar surface area (TPSA) is 71.0 Å². The summed E-state index contributed by atoms with van der Waals surface area (Å²) >= 11 is 0. The van der Waals surface area contributed by atoms with Crippen LogP contribution in [-0.4, -0.2) is 42.1 Å². The summed E-state index contributed by atoms with van der Waals surface area (Å²) in [7, 11) is 0. The van der Waals surface area contributed by atoms with E-state index in [1.807, 2.05) is 57.7 Å². The highest BCUT2D eigenvalue weighted by Crippen LogP contribution is 2.21. The van der Waals surface area contributed by atoms with E-state index >= 15 is 0 Å². The number of nitrogens with zero attached hydrogens (tertiary/aromatic N) is 2. The maximum absolute atomic E-state index is 12.3. The van der Waals surface area contributed by atoms with E-state index in [1.165, 1.54) is 0 Å². The molecule has 1 saturated heterocycles. The largest absolute Gasteiger partial charge is 0.386 e. The van der Waals surface area contributed by atoms with Crippen molar-refractivity contribution in [2.75, 3.05) is 25.0 Å². The van der Waals surface area contributed by atoms with Crippen molar-refractivity contribution in [3.63, 3.8) is 0 Å². The number of carbonyl (C=O) groups is 2. The molecule has 6 nitrogen and oxygen atoms in total. The van der Waals surface area contributed by atoms with Crippen molar-refractivity contribution < 1.29 is 14.4 Å². The molecule has 0 aromatic heterocycles. The van der Waals surface area contributed by atoms with Crippen LogP contribution in [0.4, 0.5) is 5.69 Å². The van der Waals surface area contributed by atoms with Crippen LogP contribution in [0, 0.1) is 19.3 Å². The van der Waals surface area contributed by atoms with Gasteiger partial charge in [0.2, 0.25) is 5.91 Å². The van der Waals surface area contributed by atoms with Gasteiger partial charge in [-0.3, -0.25) is 9.59 Å². The summed E-state index contributed by atoms with van der Waals surface area (Å²) < 4.78 is 0. The lowest BCUT2D eigenvalue weighted by Gasteiger charge is -2.32. The highest BCUT2D eigenvalue weighted by molar-refractivity contribution is 5.93. The molecule has 26 heavy (non-hydrogen) atoms. The number of benzene rings is 1. The van der Waals surface area contributed by atoms with Gasteiger partial charge in [-0.15, -0.1) is 0 Å². The maximum Gasteiger partial charge on any atom is 0.265 e. The number of hydrogen-bond donors (Lipinski definition) is 1. The summed E-state index contributed by atoms with van der Waals surface area (Å²) in [6.07, 6.45) is 1.36. The minimum atomic E-state index is -0.364. The molecule has 0 atom stereocenters. The highest BCUT2D eigenvalue weighted by atomic mass is 16.6. The SMILES string of the molecule is Cc1cccc(C)c1NC(=O)CON=C1CCN(C(=O)C(C)(C)C)CC1.